The number of alkyl halides is 1. The summed E-state index contributed by atoms with van der Waals surface area (Å²) >= 11 is 6.44. The van der Waals surface area contributed by atoms with Crippen LogP contribution in [-0.4, -0.2) is 0 Å². The van der Waals surface area contributed by atoms with Gasteiger partial charge in [-0.3, -0.25) is 0 Å². The van der Waals surface area contributed by atoms with Crippen LogP contribution in [0, 0.1) is 13.8 Å². The molecule has 0 saturated carbocycles. The van der Waals surface area contributed by atoms with E-state index >= 15 is 0 Å². The van der Waals surface area contributed by atoms with Gasteiger partial charge in [0.05, 0.1) is 5.38 Å². The molecule has 0 aromatic heterocycles. The molecule has 0 nitrogen and oxygen atoms in total. The molecular weight excluding hydrogens is 216 g/mol. The van der Waals surface area contributed by atoms with Gasteiger partial charge in [-0.2, -0.15) is 0 Å². The van der Waals surface area contributed by atoms with Crippen LogP contribution in [0.25, 0.3) is 0 Å². The average molecular weight is 231 g/mol. The second-order valence-corrected chi connectivity index (χ2v) is 4.62. The number of hydrogen-bond donors (Lipinski definition) is 0. The minimum atomic E-state index is -0.0544. The van der Waals surface area contributed by atoms with Gasteiger partial charge in [0.15, 0.2) is 0 Å². The normalized spacial score (nSPS) is 10.8. The minimum Gasteiger partial charge on any atom is -0.113 e. The number of halogens is 1. The van der Waals surface area contributed by atoms with Gasteiger partial charge in [0.1, 0.15) is 0 Å². The van der Waals surface area contributed by atoms with Gasteiger partial charge < -0.3 is 0 Å². The standard InChI is InChI=1S/C15H15Cl/c1-11-3-7-13(8-4-11)15(16)14-9-5-12(2)6-10-14/h3-10,15H,1-2H3. The summed E-state index contributed by atoms with van der Waals surface area (Å²) in [4.78, 5) is 0. The molecule has 0 amide bonds. The van der Waals surface area contributed by atoms with Crippen molar-refractivity contribution in [3.63, 3.8) is 0 Å². The van der Waals surface area contributed by atoms with Crippen LogP contribution in [0.5, 0.6) is 0 Å². The summed E-state index contributed by atoms with van der Waals surface area (Å²) < 4.78 is 0. The van der Waals surface area contributed by atoms with Crippen molar-refractivity contribution >= 4 is 11.6 Å². The number of hydrogen-bond acceptors (Lipinski definition) is 0. The Labute approximate surface area is 102 Å². The quantitative estimate of drug-likeness (QED) is 0.660. The largest absolute Gasteiger partial charge is 0.113 e. The van der Waals surface area contributed by atoms with Gasteiger partial charge in [-0.15, -0.1) is 11.6 Å². The van der Waals surface area contributed by atoms with E-state index in [4.69, 9.17) is 11.6 Å². The Kier molecular flexibility index (Phi) is 3.31. The van der Waals surface area contributed by atoms with E-state index in [1.165, 1.54) is 11.1 Å². The Morgan fingerprint density at radius 3 is 1.31 bits per heavy atom. The number of benzene rings is 2. The molecule has 0 fully saturated rings. The molecule has 2 aromatic carbocycles. The molecule has 0 bridgehead atoms. The van der Waals surface area contributed by atoms with Gasteiger partial charge in [0, 0.05) is 0 Å². The Morgan fingerprint density at radius 2 is 1.00 bits per heavy atom. The van der Waals surface area contributed by atoms with Crippen molar-refractivity contribution in [2.75, 3.05) is 0 Å². The van der Waals surface area contributed by atoms with Crippen molar-refractivity contribution in [3.05, 3.63) is 70.8 Å². The molecule has 0 heterocycles. The van der Waals surface area contributed by atoms with Crippen LogP contribution in [0.15, 0.2) is 48.5 Å². The molecule has 0 atom stereocenters. The van der Waals surface area contributed by atoms with Gasteiger partial charge >= 0.3 is 0 Å². The highest BCUT2D eigenvalue weighted by molar-refractivity contribution is 6.22. The first-order valence-electron chi connectivity index (χ1n) is 5.44. The highest BCUT2D eigenvalue weighted by Gasteiger charge is 2.09. The van der Waals surface area contributed by atoms with Crippen LogP contribution in [-0.2, 0) is 0 Å². The van der Waals surface area contributed by atoms with Crippen molar-refractivity contribution < 1.29 is 0 Å². The SMILES string of the molecule is Cc1ccc(C(Cl)c2ccc(C)cc2)cc1. The third-order valence-corrected chi connectivity index (χ3v) is 3.24. The Balaban J connectivity index is 2.28. The molecule has 0 unspecified atom stereocenters. The van der Waals surface area contributed by atoms with Crippen LogP contribution in [0.1, 0.15) is 27.6 Å². The van der Waals surface area contributed by atoms with E-state index in [2.05, 4.69) is 62.4 Å². The zero-order chi connectivity index (χ0) is 11.5. The maximum Gasteiger partial charge on any atom is 0.0835 e. The summed E-state index contributed by atoms with van der Waals surface area (Å²) in [6.45, 7) is 4.16. The lowest BCUT2D eigenvalue weighted by Crippen LogP contribution is -1.93. The van der Waals surface area contributed by atoms with Crippen LogP contribution in [0.3, 0.4) is 0 Å². The van der Waals surface area contributed by atoms with Crippen molar-refractivity contribution in [1.82, 2.24) is 0 Å². The van der Waals surface area contributed by atoms with E-state index in [-0.39, 0.29) is 5.38 Å². The highest BCUT2D eigenvalue weighted by atomic mass is 35.5. The molecule has 0 spiro atoms. The zero-order valence-corrected chi connectivity index (χ0v) is 10.3. The molecule has 0 aliphatic rings. The first-order valence-corrected chi connectivity index (χ1v) is 5.87. The molecule has 0 aliphatic carbocycles. The second kappa shape index (κ2) is 4.71. The average Bonchev–Trinajstić information content (AvgIpc) is 2.30. The van der Waals surface area contributed by atoms with Gasteiger partial charge in [-0.25, -0.2) is 0 Å². The maximum absolute atomic E-state index is 6.44. The van der Waals surface area contributed by atoms with Gasteiger partial charge in [-0.1, -0.05) is 59.7 Å². The van der Waals surface area contributed by atoms with Crippen molar-refractivity contribution in [2.45, 2.75) is 19.2 Å². The fourth-order valence-corrected chi connectivity index (χ4v) is 1.95. The van der Waals surface area contributed by atoms with Crippen molar-refractivity contribution in [3.8, 4) is 0 Å². The lowest BCUT2D eigenvalue weighted by atomic mass is 10.0. The molecule has 0 N–H and O–H groups in total. The van der Waals surface area contributed by atoms with Gasteiger partial charge in [-0.05, 0) is 25.0 Å². The predicted molar refractivity (Wildman–Crippen MR) is 70.1 cm³/mol. The van der Waals surface area contributed by atoms with Crippen LogP contribution < -0.4 is 0 Å². The Bertz CT molecular complexity index is 408. The van der Waals surface area contributed by atoms with Gasteiger partial charge in [0.25, 0.3) is 0 Å². The third kappa shape index (κ3) is 2.45. The second-order valence-electron chi connectivity index (χ2n) is 4.18. The summed E-state index contributed by atoms with van der Waals surface area (Å²) in [5.74, 6) is 0. The number of aryl methyl sites for hydroxylation is 2. The van der Waals surface area contributed by atoms with E-state index in [0.717, 1.165) is 11.1 Å². The molecule has 1 heteroatoms. The Hall–Kier alpha value is -1.27. The first-order chi connectivity index (χ1) is 7.66. The molecule has 2 rings (SSSR count). The van der Waals surface area contributed by atoms with E-state index in [9.17, 15) is 0 Å². The molecule has 16 heavy (non-hydrogen) atoms. The monoisotopic (exact) mass is 230 g/mol. The van der Waals surface area contributed by atoms with E-state index in [1.54, 1.807) is 0 Å². The minimum absolute atomic E-state index is 0.0544. The smallest absolute Gasteiger partial charge is 0.0835 e. The summed E-state index contributed by atoms with van der Waals surface area (Å²) in [7, 11) is 0. The molecule has 82 valence electrons. The fraction of sp³-hybridized carbons (Fsp3) is 0.200. The maximum atomic E-state index is 6.44. The van der Waals surface area contributed by atoms with Crippen LogP contribution in [0.4, 0.5) is 0 Å². The van der Waals surface area contributed by atoms with Crippen molar-refractivity contribution in [1.29, 1.82) is 0 Å². The summed E-state index contributed by atoms with van der Waals surface area (Å²) in [6, 6.07) is 16.7. The molecule has 0 radical (unpaired) electrons. The predicted octanol–water partition coefficient (Wildman–Crippen LogP) is 4.63. The topological polar surface area (TPSA) is 0 Å². The van der Waals surface area contributed by atoms with Crippen LogP contribution >= 0.6 is 11.6 Å². The van der Waals surface area contributed by atoms with Gasteiger partial charge in [0.2, 0.25) is 0 Å². The van der Waals surface area contributed by atoms with E-state index < -0.39 is 0 Å². The molecule has 0 saturated heterocycles. The molecule has 0 aliphatic heterocycles. The zero-order valence-electron chi connectivity index (χ0n) is 9.57. The van der Waals surface area contributed by atoms with Crippen LogP contribution in [0.2, 0.25) is 0 Å². The highest BCUT2D eigenvalue weighted by Crippen LogP contribution is 2.28. The Morgan fingerprint density at radius 1 is 0.688 bits per heavy atom. The van der Waals surface area contributed by atoms with E-state index in [1.807, 2.05) is 0 Å². The lowest BCUT2D eigenvalue weighted by molar-refractivity contribution is 1.13. The summed E-state index contributed by atoms with van der Waals surface area (Å²) in [5.41, 5.74) is 4.82. The summed E-state index contributed by atoms with van der Waals surface area (Å²) in [5, 5.41) is -0.0544. The first kappa shape index (κ1) is 11.2. The fourth-order valence-electron chi connectivity index (χ4n) is 1.66. The summed E-state index contributed by atoms with van der Waals surface area (Å²) in [6.07, 6.45) is 0. The van der Waals surface area contributed by atoms with E-state index in [0.29, 0.717) is 0 Å². The van der Waals surface area contributed by atoms with Crippen molar-refractivity contribution in [2.24, 2.45) is 0 Å². The number of rotatable bonds is 2. The molecule has 2 aromatic rings. The lowest BCUT2D eigenvalue weighted by Gasteiger charge is -2.10. The molecular formula is C15H15Cl. The third-order valence-electron chi connectivity index (χ3n) is 2.74.